The molecule has 1 atom stereocenters. The van der Waals surface area contributed by atoms with E-state index in [4.69, 9.17) is 20.9 Å². The molecule has 1 amide bonds. The molecule has 40 heavy (non-hydrogen) atoms. The fourth-order valence-corrected chi connectivity index (χ4v) is 5.07. The van der Waals surface area contributed by atoms with Crippen molar-refractivity contribution < 1.29 is 14.3 Å². The Labute approximate surface area is 232 Å². The molecule has 0 bridgehead atoms. The number of nitrogens with zero attached hydrogens (tertiary/aromatic N) is 4. The van der Waals surface area contributed by atoms with Gasteiger partial charge in [-0.15, -0.1) is 0 Å². The van der Waals surface area contributed by atoms with Gasteiger partial charge in [0.15, 0.2) is 11.5 Å². The first-order valence-electron chi connectivity index (χ1n) is 12.6. The zero-order valence-corrected chi connectivity index (χ0v) is 22.2. The lowest BCUT2D eigenvalue weighted by Gasteiger charge is -2.37. The van der Waals surface area contributed by atoms with E-state index in [0.29, 0.717) is 40.3 Å². The Morgan fingerprint density at radius 3 is 2.58 bits per heavy atom. The molecule has 4 aromatic rings. The molecule has 0 saturated carbocycles. The van der Waals surface area contributed by atoms with Gasteiger partial charge in [0.05, 0.1) is 31.9 Å². The molecular weight excluding hydrogens is 504 g/mol. The van der Waals surface area contributed by atoms with Gasteiger partial charge in [-0.2, -0.15) is 10.2 Å². The molecule has 1 aliphatic heterocycles. The number of anilines is 2. The molecule has 0 fully saturated rings. The minimum absolute atomic E-state index is 0.0763. The van der Waals surface area contributed by atoms with Crippen LogP contribution in [0.4, 0.5) is 11.8 Å². The average Bonchev–Trinajstić information content (AvgIpc) is 2.98. The van der Waals surface area contributed by atoms with Gasteiger partial charge in [-0.3, -0.25) is 4.79 Å². The molecule has 2 heterocycles. The standard InChI is InChI=1S/C31H28N6O3/c1-39-26-16-23(25-18-35-31(34)36-30(25)33)15-22(29(26)40-2)11-12-27(38)37-14-13-20-5-3-4-6-24(20)28(37)21-9-7-19(17-32)8-10-21/h3-12,15-16,18,28H,13-14H2,1-2H3,(H4,33,34,35,36)/b12-11+. The first kappa shape index (κ1) is 26.3. The second kappa shape index (κ2) is 11.2. The van der Waals surface area contributed by atoms with Crippen LogP contribution in [0.3, 0.4) is 0 Å². The van der Waals surface area contributed by atoms with E-state index >= 15 is 0 Å². The van der Waals surface area contributed by atoms with Crippen LogP contribution in [0.25, 0.3) is 17.2 Å². The van der Waals surface area contributed by atoms with Crippen LogP contribution in [-0.2, 0) is 11.2 Å². The lowest BCUT2D eigenvalue weighted by Crippen LogP contribution is -2.39. The van der Waals surface area contributed by atoms with Gasteiger partial charge in [0.1, 0.15) is 5.82 Å². The minimum atomic E-state index is -0.288. The number of rotatable bonds is 6. The second-order valence-electron chi connectivity index (χ2n) is 9.28. The smallest absolute Gasteiger partial charge is 0.247 e. The summed E-state index contributed by atoms with van der Waals surface area (Å²) in [6.07, 6.45) is 5.53. The molecule has 1 unspecified atom stereocenters. The van der Waals surface area contributed by atoms with Crippen molar-refractivity contribution in [2.75, 3.05) is 32.2 Å². The van der Waals surface area contributed by atoms with Crippen molar-refractivity contribution >= 4 is 23.7 Å². The number of carbonyl (C=O) groups excluding carboxylic acids is 1. The Balaban J connectivity index is 1.53. The summed E-state index contributed by atoms with van der Waals surface area (Å²) in [5.41, 5.74) is 17.4. The van der Waals surface area contributed by atoms with E-state index in [0.717, 1.165) is 17.5 Å². The highest BCUT2D eigenvalue weighted by Gasteiger charge is 2.31. The predicted octanol–water partition coefficient (Wildman–Crippen LogP) is 4.38. The highest BCUT2D eigenvalue weighted by atomic mass is 16.5. The maximum Gasteiger partial charge on any atom is 0.247 e. The maximum atomic E-state index is 13.7. The molecular formula is C31H28N6O3. The number of hydrogen-bond donors (Lipinski definition) is 2. The van der Waals surface area contributed by atoms with E-state index in [2.05, 4.69) is 28.2 Å². The van der Waals surface area contributed by atoms with Crippen LogP contribution in [0.2, 0.25) is 0 Å². The third kappa shape index (κ3) is 5.02. The van der Waals surface area contributed by atoms with Gasteiger partial charge in [0.2, 0.25) is 11.9 Å². The zero-order chi connectivity index (χ0) is 28.2. The Hall–Kier alpha value is -5.36. The van der Waals surface area contributed by atoms with Crippen LogP contribution in [0.1, 0.15) is 33.9 Å². The number of fused-ring (bicyclic) bond motifs is 1. The molecule has 9 heteroatoms. The molecule has 200 valence electrons. The zero-order valence-electron chi connectivity index (χ0n) is 22.2. The Kier molecular flexibility index (Phi) is 7.33. The number of hydrogen-bond acceptors (Lipinski definition) is 8. The number of nitrogen functional groups attached to an aromatic ring is 2. The predicted molar refractivity (Wildman–Crippen MR) is 153 cm³/mol. The number of nitriles is 1. The lowest BCUT2D eigenvalue weighted by atomic mass is 9.88. The summed E-state index contributed by atoms with van der Waals surface area (Å²) in [6.45, 7) is 0.546. The molecule has 0 saturated heterocycles. The molecule has 1 aromatic heterocycles. The monoisotopic (exact) mass is 532 g/mol. The van der Waals surface area contributed by atoms with Crippen molar-refractivity contribution in [1.82, 2.24) is 14.9 Å². The SMILES string of the molecule is COc1cc(-c2cnc(N)nc2N)cc(/C=C/C(=O)N2CCc3ccccc3C2c2ccc(C#N)cc2)c1OC. The Morgan fingerprint density at radius 1 is 1.10 bits per heavy atom. The minimum Gasteiger partial charge on any atom is -0.493 e. The van der Waals surface area contributed by atoms with Gasteiger partial charge in [-0.25, -0.2) is 4.98 Å². The Bertz CT molecular complexity index is 1640. The summed E-state index contributed by atoms with van der Waals surface area (Å²) in [5.74, 6) is 1.07. The molecule has 4 N–H and O–H groups in total. The van der Waals surface area contributed by atoms with Crippen molar-refractivity contribution in [2.45, 2.75) is 12.5 Å². The van der Waals surface area contributed by atoms with Gasteiger partial charge in [-0.1, -0.05) is 36.4 Å². The molecule has 0 radical (unpaired) electrons. The maximum absolute atomic E-state index is 13.7. The van der Waals surface area contributed by atoms with Gasteiger partial charge >= 0.3 is 0 Å². The summed E-state index contributed by atoms with van der Waals surface area (Å²) in [4.78, 5) is 23.7. The number of benzene rings is 3. The number of amides is 1. The van der Waals surface area contributed by atoms with Crippen LogP contribution >= 0.6 is 0 Å². The summed E-state index contributed by atoms with van der Waals surface area (Å²) in [5, 5.41) is 9.25. The van der Waals surface area contributed by atoms with Gasteiger partial charge in [-0.05, 0) is 59.0 Å². The fraction of sp³-hybridized carbons (Fsp3) is 0.161. The first-order chi connectivity index (χ1) is 19.4. The van der Waals surface area contributed by atoms with Crippen LogP contribution in [0.5, 0.6) is 11.5 Å². The fourth-order valence-electron chi connectivity index (χ4n) is 5.07. The summed E-state index contributed by atoms with van der Waals surface area (Å²) >= 11 is 0. The van der Waals surface area contributed by atoms with Crippen LogP contribution < -0.4 is 20.9 Å². The molecule has 3 aromatic carbocycles. The highest BCUT2D eigenvalue weighted by Crippen LogP contribution is 2.39. The van der Waals surface area contributed by atoms with E-state index in [1.54, 1.807) is 37.6 Å². The number of ether oxygens (including phenoxy) is 2. The van der Waals surface area contributed by atoms with E-state index < -0.39 is 0 Å². The Morgan fingerprint density at radius 2 is 1.88 bits per heavy atom. The lowest BCUT2D eigenvalue weighted by molar-refractivity contribution is -0.127. The van der Waals surface area contributed by atoms with Crippen molar-refractivity contribution in [3.63, 3.8) is 0 Å². The van der Waals surface area contributed by atoms with Crippen molar-refractivity contribution in [3.8, 4) is 28.7 Å². The second-order valence-corrected chi connectivity index (χ2v) is 9.28. The summed E-state index contributed by atoms with van der Waals surface area (Å²) in [6, 6.07) is 21.0. The molecule has 5 rings (SSSR count). The van der Waals surface area contributed by atoms with Crippen molar-refractivity contribution in [2.24, 2.45) is 0 Å². The number of nitrogens with two attached hydrogens (primary N) is 2. The average molecular weight is 533 g/mol. The largest absolute Gasteiger partial charge is 0.493 e. The number of aromatic nitrogens is 2. The third-order valence-corrected chi connectivity index (χ3v) is 6.98. The van der Waals surface area contributed by atoms with E-state index in [9.17, 15) is 10.1 Å². The quantitative estimate of drug-likeness (QED) is 0.349. The normalized spacial score (nSPS) is 14.4. The van der Waals surface area contributed by atoms with Gasteiger partial charge in [0.25, 0.3) is 0 Å². The topological polar surface area (TPSA) is 140 Å². The number of methoxy groups -OCH3 is 2. The van der Waals surface area contributed by atoms with Crippen LogP contribution in [0, 0.1) is 11.3 Å². The molecule has 9 nitrogen and oxygen atoms in total. The summed E-state index contributed by atoms with van der Waals surface area (Å²) in [7, 11) is 3.08. The van der Waals surface area contributed by atoms with Gasteiger partial charge < -0.3 is 25.8 Å². The molecule has 0 aliphatic carbocycles. The van der Waals surface area contributed by atoms with Gasteiger partial charge in [0, 0.05) is 29.9 Å². The number of carbonyl (C=O) groups is 1. The van der Waals surface area contributed by atoms with Crippen molar-refractivity contribution in [1.29, 1.82) is 5.26 Å². The van der Waals surface area contributed by atoms with E-state index in [1.807, 2.05) is 35.2 Å². The van der Waals surface area contributed by atoms with Crippen molar-refractivity contribution in [3.05, 3.63) is 101 Å². The van der Waals surface area contributed by atoms with Crippen LogP contribution in [-0.4, -0.2) is 41.5 Å². The third-order valence-electron chi connectivity index (χ3n) is 6.98. The summed E-state index contributed by atoms with van der Waals surface area (Å²) < 4.78 is 11.2. The highest BCUT2D eigenvalue weighted by molar-refractivity contribution is 5.93. The van der Waals surface area contributed by atoms with Crippen LogP contribution in [0.15, 0.2) is 72.9 Å². The molecule has 0 spiro atoms. The van der Waals surface area contributed by atoms with E-state index in [1.165, 1.54) is 18.7 Å². The van der Waals surface area contributed by atoms with E-state index in [-0.39, 0.29) is 23.7 Å². The molecule has 1 aliphatic rings. The first-order valence-corrected chi connectivity index (χ1v) is 12.6.